The Morgan fingerprint density at radius 3 is 2.40 bits per heavy atom. The van der Waals surface area contributed by atoms with Crippen molar-refractivity contribution >= 4 is 29.1 Å². The molecular formula is C10H12Cl2N2O. The van der Waals surface area contributed by atoms with E-state index in [2.05, 4.69) is 5.32 Å². The Morgan fingerprint density at radius 2 is 1.93 bits per heavy atom. The summed E-state index contributed by atoms with van der Waals surface area (Å²) in [6.45, 7) is 2.23. The largest absolute Gasteiger partial charge is 0.350 e. The Hall–Kier alpha value is -0.770. The first-order valence-electron chi connectivity index (χ1n) is 4.49. The zero-order valence-corrected chi connectivity index (χ0v) is 9.77. The summed E-state index contributed by atoms with van der Waals surface area (Å²) >= 11 is 11.5. The van der Waals surface area contributed by atoms with Gasteiger partial charge in [-0.25, -0.2) is 0 Å². The van der Waals surface area contributed by atoms with Crippen LogP contribution in [0.3, 0.4) is 0 Å². The Morgan fingerprint density at radius 1 is 1.40 bits per heavy atom. The van der Waals surface area contributed by atoms with Gasteiger partial charge < -0.3 is 11.1 Å². The van der Waals surface area contributed by atoms with E-state index >= 15 is 0 Å². The van der Waals surface area contributed by atoms with Gasteiger partial charge in [-0.15, -0.1) is 0 Å². The summed E-state index contributed by atoms with van der Waals surface area (Å²) in [6.07, 6.45) is 0. The van der Waals surface area contributed by atoms with Crippen LogP contribution in [0.5, 0.6) is 0 Å². The van der Waals surface area contributed by atoms with Crippen LogP contribution < -0.4 is 11.1 Å². The summed E-state index contributed by atoms with van der Waals surface area (Å²) in [6, 6.07) is 4.61. The zero-order valence-electron chi connectivity index (χ0n) is 8.26. The van der Waals surface area contributed by atoms with Crippen molar-refractivity contribution in [2.24, 2.45) is 5.73 Å². The van der Waals surface area contributed by atoms with Crippen molar-refractivity contribution in [2.75, 3.05) is 6.54 Å². The lowest BCUT2D eigenvalue weighted by molar-refractivity contribution is 0.0951. The average Bonchev–Trinajstić information content (AvgIpc) is 2.12. The molecule has 1 aromatic carbocycles. The SMILES string of the molecule is CC(N)CNC(=O)c1cc(Cl)cc(Cl)c1. The molecule has 0 aliphatic rings. The number of nitrogens with one attached hydrogen (secondary N) is 1. The fourth-order valence-electron chi connectivity index (χ4n) is 1.04. The average molecular weight is 247 g/mol. The van der Waals surface area contributed by atoms with Gasteiger partial charge in [0.25, 0.3) is 5.91 Å². The van der Waals surface area contributed by atoms with E-state index in [-0.39, 0.29) is 11.9 Å². The van der Waals surface area contributed by atoms with E-state index in [9.17, 15) is 4.79 Å². The van der Waals surface area contributed by atoms with Gasteiger partial charge in [-0.1, -0.05) is 23.2 Å². The van der Waals surface area contributed by atoms with Crippen molar-refractivity contribution in [1.29, 1.82) is 0 Å². The normalized spacial score (nSPS) is 12.3. The second-order valence-electron chi connectivity index (χ2n) is 3.35. The maximum Gasteiger partial charge on any atom is 0.251 e. The van der Waals surface area contributed by atoms with Gasteiger partial charge in [-0.3, -0.25) is 4.79 Å². The first-order valence-corrected chi connectivity index (χ1v) is 5.24. The molecule has 0 radical (unpaired) electrons. The molecular weight excluding hydrogens is 235 g/mol. The molecule has 0 fully saturated rings. The standard InChI is InChI=1S/C10H12Cl2N2O/c1-6(13)5-14-10(15)7-2-8(11)4-9(12)3-7/h2-4,6H,5,13H2,1H3,(H,14,15). The number of carbonyl (C=O) groups excluding carboxylic acids is 1. The molecule has 1 atom stereocenters. The van der Waals surface area contributed by atoms with Gasteiger partial charge in [0.2, 0.25) is 0 Å². The van der Waals surface area contributed by atoms with Gasteiger partial charge in [0.1, 0.15) is 0 Å². The van der Waals surface area contributed by atoms with Crippen LogP contribution in [0.15, 0.2) is 18.2 Å². The Balaban J connectivity index is 2.73. The van der Waals surface area contributed by atoms with Gasteiger partial charge in [-0.2, -0.15) is 0 Å². The van der Waals surface area contributed by atoms with Gasteiger partial charge >= 0.3 is 0 Å². The van der Waals surface area contributed by atoms with Crippen molar-refractivity contribution in [1.82, 2.24) is 5.32 Å². The number of carbonyl (C=O) groups is 1. The van der Waals surface area contributed by atoms with E-state index in [0.717, 1.165) is 0 Å². The minimum Gasteiger partial charge on any atom is -0.350 e. The van der Waals surface area contributed by atoms with Crippen LogP contribution in [0, 0.1) is 0 Å². The highest BCUT2D eigenvalue weighted by Crippen LogP contribution is 2.18. The number of hydrogen-bond acceptors (Lipinski definition) is 2. The summed E-state index contributed by atoms with van der Waals surface area (Å²) in [4.78, 5) is 11.6. The third kappa shape index (κ3) is 4.08. The number of hydrogen-bond donors (Lipinski definition) is 2. The molecule has 5 heteroatoms. The molecule has 1 unspecified atom stereocenters. The van der Waals surface area contributed by atoms with Crippen LogP contribution >= 0.6 is 23.2 Å². The molecule has 82 valence electrons. The monoisotopic (exact) mass is 246 g/mol. The van der Waals surface area contributed by atoms with Crippen LogP contribution in [0.4, 0.5) is 0 Å². The molecule has 0 spiro atoms. The lowest BCUT2D eigenvalue weighted by Crippen LogP contribution is -2.35. The van der Waals surface area contributed by atoms with Gasteiger partial charge in [0.05, 0.1) is 0 Å². The second kappa shape index (κ2) is 5.35. The number of benzene rings is 1. The molecule has 3 N–H and O–H groups in total. The van der Waals surface area contributed by atoms with E-state index in [4.69, 9.17) is 28.9 Å². The van der Waals surface area contributed by atoms with Crippen LogP contribution in [0.2, 0.25) is 10.0 Å². The topological polar surface area (TPSA) is 55.1 Å². The zero-order chi connectivity index (χ0) is 11.4. The van der Waals surface area contributed by atoms with Crippen LogP contribution in [-0.4, -0.2) is 18.5 Å². The molecule has 0 saturated heterocycles. The molecule has 0 saturated carbocycles. The van der Waals surface area contributed by atoms with E-state index < -0.39 is 0 Å². The molecule has 1 amide bonds. The molecule has 1 rings (SSSR count). The molecule has 3 nitrogen and oxygen atoms in total. The predicted octanol–water partition coefficient (Wildman–Crippen LogP) is 2.07. The number of halogens is 2. The molecule has 0 aliphatic carbocycles. The van der Waals surface area contributed by atoms with Crippen LogP contribution in [0.25, 0.3) is 0 Å². The maximum absolute atomic E-state index is 11.6. The summed E-state index contributed by atoms with van der Waals surface area (Å²) in [5.41, 5.74) is 5.95. The predicted molar refractivity (Wildman–Crippen MR) is 62.4 cm³/mol. The van der Waals surface area contributed by atoms with Gasteiger partial charge in [-0.05, 0) is 25.1 Å². The van der Waals surface area contributed by atoms with Crippen LogP contribution in [0.1, 0.15) is 17.3 Å². The minimum absolute atomic E-state index is 0.0800. The van der Waals surface area contributed by atoms with Crippen molar-refractivity contribution in [3.63, 3.8) is 0 Å². The van der Waals surface area contributed by atoms with E-state index in [1.54, 1.807) is 18.2 Å². The van der Waals surface area contributed by atoms with Crippen molar-refractivity contribution in [3.05, 3.63) is 33.8 Å². The van der Waals surface area contributed by atoms with E-state index in [1.807, 2.05) is 6.92 Å². The molecule has 0 bridgehead atoms. The highest BCUT2D eigenvalue weighted by atomic mass is 35.5. The Bertz CT molecular complexity index is 346. The summed E-state index contributed by atoms with van der Waals surface area (Å²) < 4.78 is 0. The molecule has 0 heterocycles. The number of amides is 1. The Labute approximate surface area is 98.5 Å². The summed E-state index contributed by atoms with van der Waals surface area (Å²) in [5, 5.41) is 3.55. The first-order chi connectivity index (χ1) is 6.99. The van der Waals surface area contributed by atoms with Crippen LogP contribution in [-0.2, 0) is 0 Å². The Kier molecular flexibility index (Phi) is 4.39. The lowest BCUT2D eigenvalue weighted by atomic mass is 10.2. The molecule has 15 heavy (non-hydrogen) atoms. The smallest absolute Gasteiger partial charge is 0.251 e. The maximum atomic E-state index is 11.6. The van der Waals surface area contributed by atoms with E-state index in [1.165, 1.54) is 0 Å². The first kappa shape index (κ1) is 12.3. The quantitative estimate of drug-likeness (QED) is 0.859. The van der Waals surface area contributed by atoms with Crippen molar-refractivity contribution in [2.45, 2.75) is 13.0 Å². The summed E-state index contributed by atoms with van der Waals surface area (Å²) in [7, 11) is 0. The highest BCUT2D eigenvalue weighted by Gasteiger charge is 2.07. The third-order valence-electron chi connectivity index (χ3n) is 1.71. The molecule has 0 aliphatic heterocycles. The summed E-state index contributed by atoms with van der Waals surface area (Å²) in [5.74, 6) is -0.225. The second-order valence-corrected chi connectivity index (χ2v) is 4.22. The number of rotatable bonds is 3. The van der Waals surface area contributed by atoms with Crippen molar-refractivity contribution < 1.29 is 4.79 Å². The highest BCUT2D eigenvalue weighted by molar-refractivity contribution is 6.35. The van der Waals surface area contributed by atoms with E-state index in [0.29, 0.717) is 22.2 Å². The molecule has 0 aromatic heterocycles. The molecule has 1 aromatic rings. The minimum atomic E-state index is -0.225. The third-order valence-corrected chi connectivity index (χ3v) is 2.15. The number of nitrogens with two attached hydrogens (primary N) is 1. The fraction of sp³-hybridized carbons (Fsp3) is 0.300. The van der Waals surface area contributed by atoms with Crippen molar-refractivity contribution in [3.8, 4) is 0 Å². The van der Waals surface area contributed by atoms with Gasteiger partial charge in [0.15, 0.2) is 0 Å². The fourth-order valence-corrected chi connectivity index (χ4v) is 1.57. The van der Waals surface area contributed by atoms with Gasteiger partial charge in [0, 0.05) is 28.2 Å². The lowest BCUT2D eigenvalue weighted by Gasteiger charge is -2.08.